The summed E-state index contributed by atoms with van der Waals surface area (Å²) >= 11 is 0. The van der Waals surface area contributed by atoms with Gasteiger partial charge >= 0.3 is 0 Å². The van der Waals surface area contributed by atoms with Crippen LogP contribution in [0, 0.1) is 6.92 Å². The average Bonchev–Trinajstić information content (AvgIpc) is 3.05. The molecule has 0 N–H and O–H groups in total. The average molecular weight is 322 g/mol. The molecule has 0 aromatic carbocycles. The Kier molecular flexibility index (Phi) is 3.57. The highest BCUT2D eigenvalue weighted by molar-refractivity contribution is 5.45. The van der Waals surface area contributed by atoms with Crippen molar-refractivity contribution < 1.29 is 4.42 Å². The molecule has 1 fully saturated rings. The topological polar surface area (TPSA) is 80.8 Å². The number of rotatable bonds is 4. The van der Waals surface area contributed by atoms with Crippen LogP contribution in [0.3, 0.4) is 0 Å². The molecule has 7 nitrogen and oxygen atoms in total. The quantitative estimate of drug-likeness (QED) is 0.726. The van der Waals surface area contributed by atoms with Crippen molar-refractivity contribution in [3.05, 3.63) is 54.1 Å². The Labute approximate surface area is 139 Å². The molecule has 0 amide bonds. The number of hydrogen-bond donors (Lipinski definition) is 0. The summed E-state index contributed by atoms with van der Waals surface area (Å²) in [5, 5.41) is 8.36. The van der Waals surface area contributed by atoms with Gasteiger partial charge in [-0.25, -0.2) is 9.97 Å². The van der Waals surface area contributed by atoms with Gasteiger partial charge in [-0.05, 0) is 32.0 Å². The van der Waals surface area contributed by atoms with Gasteiger partial charge in [0.15, 0.2) is 0 Å². The molecule has 0 bridgehead atoms. The van der Waals surface area contributed by atoms with E-state index in [0.717, 1.165) is 31.2 Å². The first-order valence-corrected chi connectivity index (χ1v) is 7.89. The van der Waals surface area contributed by atoms with Crippen LogP contribution in [0.2, 0.25) is 0 Å². The van der Waals surface area contributed by atoms with Crippen molar-refractivity contribution >= 4 is 0 Å². The molecule has 3 aromatic rings. The molecule has 0 spiro atoms. The number of aromatic nitrogens is 5. The smallest absolute Gasteiger partial charge is 0.266 e. The fraction of sp³-hybridized carbons (Fsp3) is 0.353. The van der Waals surface area contributed by atoms with E-state index in [4.69, 9.17) is 4.42 Å². The molecule has 0 aliphatic carbocycles. The third kappa shape index (κ3) is 2.78. The van der Waals surface area contributed by atoms with Crippen LogP contribution in [0.4, 0.5) is 0 Å². The van der Waals surface area contributed by atoms with Crippen molar-refractivity contribution in [2.24, 2.45) is 0 Å². The summed E-state index contributed by atoms with van der Waals surface area (Å²) in [6.45, 7) is 6.53. The summed E-state index contributed by atoms with van der Waals surface area (Å²) in [5.74, 6) is 1.97. The van der Waals surface area contributed by atoms with Crippen LogP contribution in [-0.4, -0.2) is 43.1 Å². The van der Waals surface area contributed by atoms with Crippen LogP contribution in [0.5, 0.6) is 0 Å². The molecule has 0 unspecified atom stereocenters. The molecule has 4 rings (SSSR count). The first kappa shape index (κ1) is 14.9. The van der Waals surface area contributed by atoms with Crippen molar-refractivity contribution in [1.29, 1.82) is 0 Å². The maximum absolute atomic E-state index is 5.85. The maximum atomic E-state index is 5.85. The molecular formula is C17H18N6O. The second-order valence-electron chi connectivity index (χ2n) is 6.45. The molecule has 3 aromatic heterocycles. The zero-order valence-electron chi connectivity index (χ0n) is 13.7. The highest BCUT2D eigenvalue weighted by Gasteiger charge is 2.44. The number of aryl methyl sites for hydroxylation is 1. The summed E-state index contributed by atoms with van der Waals surface area (Å²) in [4.78, 5) is 15.3. The summed E-state index contributed by atoms with van der Waals surface area (Å²) in [5.41, 5.74) is 1.55. The van der Waals surface area contributed by atoms with E-state index in [1.165, 1.54) is 0 Å². The molecule has 4 heterocycles. The van der Waals surface area contributed by atoms with Crippen LogP contribution in [-0.2, 0) is 12.0 Å². The Balaban J connectivity index is 1.44. The van der Waals surface area contributed by atoms with Crippen molar-refractivity contribution in [2.45, 2.75) is 25.8 Å². The molecule has 7 heteroatoms. The van der Waals surface area contributed by atoms with Crippen molar-refractivity contribution in [3.8, 4) is 11.6 Å². The van der Waals surface area contributed by atoms with Gasteiger partial charge in [0.05, 0.1) is 12.0 Å². The van der Waals surface area contributed by atoms with Gasteiger partial charge in [0.1, 0.15) is 11.5 Å². The SMILES string of the molecule is Cc1ccnc(CN2CC(C)(c3nnc(-c4ccccn4)o3)C2)n1. The van der Waals surface area contributed by atoms with Gasteiger partial charge in [-0.1, -0.05) is 6.07 Å². The summed E-state index contributed by atoms with van der Waals surface area (Å²) in [7, 11) is 0. The maximum Gasteiger partial charge on any atom is 0.266 e. The third-order valence-electron chi connectivity index (χ3n) is 4.18. The monoisotopic (exact) mass is 322 g/mol. The standard InChI is InChI=1S/C17H18N6O/c1-12-6-8-19-14(20-12)9-23-10-17(2,11-23)16-22-21-15(24-16)13-5-3-4-7-18-13/h3-8H,9-11H2,1-2H3. The first-order valence-electron chi connectivity index (χ1n) is 7.89. The van der Waals surface area contributed by atoms with E-state index >= 15 is 0 Å². The minimum atomic E-state index is -0.135. The lowest BCUT2D eigenvalue weighted by molar-refractivity contribution is 0.0489. The molecule has 0 radical (unpaired) electrons. The van der Waals surface area contributed by atoms with Gasteiger partial charge in [-0.2, -0.15) is 0 Å². The fourth-order valence-electron chi connectivity index (χ4n) is 3.02. The van der Waals surface area contributed by atoms with E-state index < -0.39 is 0 Å². The van der Waals surface area contributed by atoms with Crippen LogP contribution >= 0.6 is 0 Å². The van der Waals surface area contributed by atoms with Gasteiger partial charge in [0, 0.05) is 31.2 Å². The molecule has 24 heavy (non-hydrogen) atoms. The van der Waals surface area contributed by atoms with Gasteiger partial charge in [-0.15, -0.1) is 10.2 Å². The lowest BCUT2D eigenvalue weighted by Gasteiger charge is -2.45. The first-order chi connectivity index (χ1) is 11.6. The molecule has 1 saturated heterocycles. The molecule has 0 saturated carbocycles. The van der Waals surface area contributed by atoms with Crippen LogP contribution in [0.15, 0.2) is 41.1 Å². The van der Waals surface area contributed by atoms with E-state index in [-0.39, 0.29) is 5.41 Å². The van der Waals surface area contributed by atoms with E-state index in [0.29, 0.717) is 17.5 Å². The lowest BCUT2D eigenvalue weighted by atomic mass is 9.82. The number of likely N-dealkylation sites (tertiary alicyclic amines) is 1. The molecule has 1 aliphatic heterocycles. The van der Waals surface area contributed by atoms with E-state index in [9.17, 15) is 0 Å². The minimum Gasteiger partial charge on any atom is -0.419 e. The summed E-state index contributed by atoms with van der Waals surface area (Å²) in [6, 6.07) is 7.53. The Morgan fingerprint density at radius 2 is 2.00 bits per heavy atom. The van der Waals surface area contributed by atoms with Gasteiger partial charge in [0.2, 0.25) is 5.89 Å². The zero-order valence-corrected chi connectivity index (χ0v) is 13.7. The molecular weight excluding hydrogens is 304 g/mol. The molecule has 122 valence electrons. The number of pyridine rings is 1. The molecule has 0 atom stereocenters. The van der Waals surface area contributed by atoms with Crippen LogP contribution in [0.25, 0.3) is 11.6 Å². The Morgan fingerprint density at radius 1 is 1.12 bits per heavy atom. The second-order valence-corrected chi connectivity index (χ2v) is 6.45. The highest BCUT2D eigenvalue weighted by atomic mass is 16.4. The third-order valence-corrected chi connectivity index (χ3v) is 4.18. The van der Waals surface area contributed by atoms with Crippen LogP contribution in [0.1, 0.15) is 24.3 Å². The minimum absolute atomic E-state index is 0.135. The zero-order chi connectivity index (χ0) is 16.6. The predicted molar refractivity (Wildman–Crippen MR) is 86.9 cm³/mol. The lowest BCUT2D eigenvalue weighted by Crippen LogP contribution is -2.57. The van der Waals surface area contributed by atoms with Gasteiger partial charge in [0.25, 0.3) is 5.89 Å². The van der Waals surface area contributed by atoms with Crippen molar-refractivity contribution in [1.82, 2.24) is 30.0 Å². The van der Waals surface area contributed by atoms with E-state index in [2.05, 4.69) is 37.0 Å². The Bertz CT molecular complexity index is 841. The summed E-state index contributed by atoms with van der Waals surface area (Å²) < 4.78 is 5.85. The van der Waals surface area contributed by atoms with Crippen molar-refractivity contribution in [3.63, 3.8) is 0 Å². The largest absolute Gasteiger partial charge is 0.419 e. The Morgan fingerprint density at radius 3 is 2.75 bits per heavy atom. The normalized spacial score (nSPS) is 16.8. The highest BCUT2D eigenvalue weighted by Crippen LogP contribution is 2.34. The van der Waals surface area contributed by atoms with Crippen LogP contribution < -0.4 is 0 Å². The predicted octanol–water partition coefficient (Wildman–Crippen LogP) is 2.00. The van der Waals surface area contributed by atoms with Gasteiger partial charge in [-0.3, -0.25) is 9.88 Å². The molecule has 1 aliphatic rings. The van der Waals surface area contributed by atoms with E-state index in [1.54, 1.807) is 12.4 Å². The van der Waals surface area contributed by atoms with Gasteiger partial charge < -0.3 is 4.42 Å². The number of hydrogen-bond acceptors (Lipinski definition) is 7. The summed E-state index contributed by atoms with van der Waals surface area (Å²) in [6.07, 6.45) is 3.52. The Hall–Kier alpha value is -2.67. The fourth-order valence-corrected chi connectivity index (χ4v) is 3.02. The van der Waals surface area contributed by atoms with Crippen molar-refractivity contribution in [2.75, 3.05) is 13.1 Å². The van der Waals surface area contributed by atoms with E-state index in [1.807, 2.05) is 31.2 Å². The number of nitrogens with zero attached hydrogens (tertiary/aromatic N) is 6. The second kappa shape index (κ2) is 5.76.